The lowest BCUT2D eigenvalue weighted by atomic mass is 10.1. The van der Waals surface area contributed by atoms with E-state index in [4.69, 9.17) is 10.8 Å². The van der Waals surface area contributed by atoms with Crippen LogP contribution < -0.4 is 5.73 Å². The normalized spacial score (nSPS) is 9.91. The first-order chi connectivity index (χ1) is 5.34. The summed E-state index contributed by atoms with van der Waals surface area (Å²) in [6.45, 7) is 0.203. The third-order valence-electron chi connectivity index (χ3n) is 1.62. The fraction of sp³-hybridized carbons (Fsp3) is 0.333. The lowest BCUT2D eigenvalue weighted by molar-refractivity contribution is 0.288. The van der Waals surface area contributed by atoms with Crippen molar-refractivity contribution in [2.45, 2.75) is 12.8 Å². The Morgan fingerprint density at radius 2 is 2.00 bits per heavy atom. The quantitative estimate of drug-likeness (QED) is 0.697. The highest BCUT2D eigenvalue weighted by atomic mass is 16.2. The van der Waals surface area contributed by atoms with Gasteiger partial charge in [-0.05, 0) is 24.5 Å². The van der Waals surface area contributed by atoms with E-state index in [1.807, 2.05) is 18.2 Å². The molecule has 0 amide bonds. The van der Waals surface area contributed by atoms with Crippen molar-refractivity contribution in [1.29, 1.82) is 0 Å². The van der Waals surface area contributed by atoms with E-state index in [9.17, 15) is 0 Å². The molecule has 0 fully saturated rings. The second-order valence-corrected chi connectivity index (χ2v) is 2.48. The number of hydrogen-bond donors (Lipinski definition) is 1. The van der Waals surface area contributed by atoms with Gasteiger partial charge < -0.3 is 10.8 Å². The Kier molecular flexibility index (Phi) is 2.93. The van der Waals surface area contributed by atoms with E-state index in [0.29, 0.717) is 5.69 Å². The zero-order chi connectivity index (χ0) is 8.10. The largest absolute Gasteiger partial charge is 0.396 e. The first-order valence-electron chi connectivity index (χ1n) is 3.75. The Bertz CT molecular complexity index is 223. The Balaban J connectivity index is 2.62. The number of rotatable bonds is 3. The van der Waals surface area contributed by atoms with Gasteiger partial charge in [0.1, 0.15) is 0 Å². The zero-order valence-corrected chi connectivity index (χ0v) is 6.38. The fourth-order valence-electron chi connectivity index (χ4n) is 1.01. The van der Waals surface area contributed by atoms with Crippen molar-refractivity contribution in [2.75, 3.05) is 6.61 Å². The van der Waals surface area contributed by atoms with E-state index in [1.165, 1.54) is 0 Å². The Hall–Kier alpha value is -1.02. The molecule has 11 heavy (non-hydrogen) atoms. The molecule has 0 saturated heterocycles. The second-order valence-electron chi connectivity index (χ2n) is 2.48. The molecule has 0 aliphatic rings. The van der Waals surface area contributed by atoms with Crippen molar-refractivity contribution < 1.29 is 5.11 Å². The summed E-state index contributed by atoms with van der Waals surface area (Å²) in [5.74, 6) is 0. The first-order valence-corrected chi connectivity index (χ1v) is 3.75. The molecule has 0 heterocycles. The fourth-order valence-corrected chi connectivity index (χ4v) is 1.01. The van der Waals surface area contributed by atoms with Gasteiger partial charge in [-0.25, -0.2) is 0 Å². The van der Waals surface area contributed by atoms with Crippen LogP contribution in [0.2, 0.25) is 0 Å². The summed E-state index contributed by atoms with van der Waals surface area (Å²) in [4.78, 5) is 0. The van der Waals surface area contributed by atoms with Crippen LogP contribution in [0.3, 0.4) is 0 Å². The molecule has 0 aromatic heterocycles. The predicted molar refractivity (Wildman–Crippen MR) is 44.6 cm³/mol. The molecule has 1 radical (unpaired) electrons. The lowest BCUT2D eigenvalue weighted by Gasteiger charge is -2.01. The van der Waals surface area contributed by atoms with Gasteiger partial charge in [0.25, 0.3) is 0 Å². The topological polar surface area (TPSA) is 44.0 Å². The summed E-state index contributed by atoms with van der Waals surface area (Å²) in [6, 6.07) is 7.47. The van der Waals surface area contributed by atoms with Crippen molar-refractivity contribution in [3.05, 3.63) is 29.8 Å². The van der Waals surface area contributed by atoms with Crippen LogP contribution in [-0.2, 0) is 6.42 Å². The van der Waals surface area contributed by atoms with Crippen LogP contribution in [0.1, 0.15) is 12.0 Å². The van der Waals surface area contributed by atoms with E-state index in [2.05, 4.69) is 0 Å². The molecule has 59 valence electrons. The lowest BCUT2D eigenvalue weighted by Crippen LogP contribution is -1.90. The molecule has 0 bridgehead atoms. The van der Waals surface area contributed by atoms with Crippen LogP contribution in [0.5, 0.6) is 0 Å². The molecule has 1 aromatic rings. The molecule has 0 unspecified atom stereocenters. The molecule has 0 aliphatic carbocycles. The first kappa shape index (κ1) is 8.08. The van der Waals surface area contributed by atoms with Crippen LogP contribution in [0.15, 0.2) is 24.3 Å². The molecule has 0 saturated carbocycles. The van der Waals surface area contributed by atoms with Crippen LogP contribution >= 0.6 is 0 Å². The summed E-state index contributed by atoms with van der Waals surface area (Å²) in [6.07, 6.45) is 1.55. The van der Waals surface area contributed by atoms with Gasteiger partial charge in [0.2, 0.25) is 0 Å². The third kappa shape index (κ3) is 2.24. The predicted octanol–water partition coefficient (Wildman–Crippen LogP) is 1.53. The minimum absolute atomic E-state index is 0.203. The Morgan fingerprint density at radius 1 is 1.27 bits per heavy atom. The van der Waals surface area contributed by atoms with Crippen LogP contribution in [0, 0.1) is 0 Å². The standard InChI is InChI=1S/C9H12NO/c10-9-6-2-1-4-8(9)5-3-7-11/h1-2,4,6,10-11H,3,5,7H2. The second kappa shape index (κ2) is 3.98. The van der Waals surface area contributed by atoms with Crippen molar-refractivity contribution in [3.63, 3.8) is 0 Å². The van der Waals surface area contributed by atoms with E-state index in [1.54, 1.807) is 6.07 Å². The van der Waals surface area contributed by atoms with Gasteiger partial charge in [0.15, 0.2) is 0 Å². The molecule has 0 spiro atoms. The maximum absolute atomic E-state index is 8.56. The molecular weight excluding hydrogens is 138 g/mol. The van der Waals surface area contributed by atoms with Crippen LogP contribution in [-0.4, -0.2) is 11.7 Å². The molecule has 1 rings (SSSR count). The maximum atomic E-state index is 8.56. The van der Waals surface area contributed by atoms with Crippen LogP contribution in [0.25, 0.3) is 0 Å². The van der Waals surface area contributed by atoms with Crippen molar-refractivity contribution in [1.82, 2.24) is 5.73 Å². The number of aliphatic hydroxyl groups is 1. The average Bonchev–Trinajstić information content (AvgIpc) is 2.03. The summed E-state index contributed by atoms with van der Waals surface area (Å²) in [5.41, 5.74) is 9.05. The molecule has 2 heteroatoms. The van der Waals surface area contributed by atoms with Gasteiger partial charge in [-0.3, -0.25) is 0 Å². The van der Waals surface area contributed by atoms with Crippen molar-refractivity contribution >= 4 is 5.69 Å². The summed E-state index contributed by atoms with van der Waals surface area (Å²) < 4.78 is 0. The van der Waals surface area contributed by atoms with Crippen LogP contribution in [0.4, 0.5) is 5.69 Å². The number of benzene rings is 1. The minimum Gasteiger partial charge on any atom is -0.396 e. The highest BCUT2D eigenvalue weighted by Gasteiger charge is 1.95. The van der Waals surface area contributed by atoms with E-state index < -0.39 is 0 Å². The number of aryl methyl sites for hydroxylation is 1. The van der Waals surface area contributed by atoms with E-state index in [0.717, 1.165) is 18.4 Å². The summed E-state index contributed by atoms with van der Waals surface area (Å²) in [5, 5.41) is 8.56. The van der Waals surface area contributed by atoms with Gasteiger partial charge in [-0.15, -0.1) is 0 Å². The van der Waals surface area contributed by atoms with Crippen molar-refractivity contribution in [3.8, 4) is 0 Å². The molecule has 0 aliphatic heterocycles. The molecule has 2 nitrogen and oxygen atoms in total. The van der Waals surface area contributed by atoms with E-state index >= 15 is 0 Å². The Labute approximate surface area is 66.7 Å². The van der Waals surface area contributed by atoms with E-state index in [-0.39, 0.29) is 6.61 Å². The highest BCUT2D eigenvalue weighted by Crippen LogP contribution is 2.13. The summed E-state index contributed by atoms with van der Waals surface area (Å²) in [7, 11) is 0. The zero-order valence-electron chi connectivity index (χ0n) is 6.38. The number of nitrogens with one attached hydrogen (secondary N) is 1. The number of hydrogen-bond acceptors (Lipinski definition) is 1. The van der Waals surface area contributed by atoms with Gasteiger partial charge in [-0.1, -0.05) is 18.2 Å². The molecule has 2 N–H and O–H groups in total. The highest BCUT2D eigenvalue weighted by molar-refractivity contribution is 5.42. The average molecular weight is 150 g/mol. The summed E-state index contributed by atoms with van der Waals surface area (Å²) >= 11 is 0. The van der Waals surface area contributed by atoms with Crippen molar-refractivity contribution in [2.24, 2.45) is 0 Å². The van der Waals surface area contributed by atoms with Gasteiger partial charge in [0, 0.05) is 6.61 Å². The minimum atomic E-state index is 0.203. The SMILES string of the molecule is [NH]c1ccccc1CCCO. The molecule has 1 aromatic carbocycles. The number of aliphatic hydroxyl groups excluding tert-OH is 1. The van der Waals surface area contributed by atoms with Gasteiger partial charge in [0.05, 0.1) is 5.69 Å². The molecule has 0 atom stereocenters. The third-order valence-corrected chi connectivity index (χ3v) is 1.62. The van der Waals surface area contributed by atoms with Gasteiger partial charge >= 0.3 is 0 Å². The Morgan fingerprint density at radius 3 is 2.64 bits per heavy atom. The monoisotopic (exact) mass is 150 g/mol. The molecular formula is C9H12NO. The van der Waals surface area contributed by atoms with Gasteiger partial charge in [-0.2, -0.15) is 0 Å². The maximum Gasteiger partial charge on any atom is 0.0571 e. The smallest absolute Gasteiger partial charge is 0.0571 e.